The molecule has 0 saturated carbocycles. The zero-order chi connectivity index (χ0) is 26.6. The van der Waals surface area contributed by atoms with Gasteiger partial charge in [-0.05, 0) is 49.3 Å². The maximum Gasteiger partial charge on any atom is 0.411 e. The van der Waals surface area contributed by atoms with Crippen molar-refractivity contribution in [2.75, 3.05) is 31.6 Å². The van der Waals surface area contributed by atoms with Gasteiger partial charge < -0.3 is 15.0 Å². The first-order chi connectivity index (χ1) is 17.9. The van der Waals surface area contributed by atoms with Gasteiger partial charge in [-0.2, -0.15) is 5.10 Å². The molecule has 0 saturated heterocycles. The second-order valence-corrected chi connectivity index (χ2v) is 8.47. The van der Waals surface area contributed by atoms with Crippen LogP contribution in [0, 0.1) is 0 Å². The minimum Gasteiger partial charge on any atom is -0.450 e. The van der Waals surface area contributed by atoms with Crippen LogP contribution < -0.4 is 16.2 Å². The molecule has 0 spiro atoms. The fourth-order valence-electron chi connectivity index (χ4n) is 3.92. The lowest BCUT2D eigenvalue weighted by Gasteiger charge is -2.17. The van der Waals surface area contributed by atoms with E-state index in [4.69, 9.17) is 4.74 Å². The molecule has 1 aromatic heterocycles. The van der Waals surface area contributed by atoms with Crippen LogP contribution in [0.25, 0.3) is 11.3 Å². The Morgan fingerprint density at radius 2 is 1.78 bits per heavy atom. The van der Waals surface area contributed by atoms with Crippen LogP contribution in [0.2, 0.25) is 0 Å². The topological polar surface area (TPSA) is 106 Å². The average molecular weight is 506 g/mol. The van der Waals surface area contributed by atoms with E-state index in [0.29, 0.717) is 24.3 Å². The third kappa shape index (κ3) is 8.28. The van der Waals surface area contributed by atoms with Crippen LogP contribution in [-0.2, 0) is 22.6 Å². The first kappa shape index (κ1) is 27.6. The monoisotopic (exact) mass is 505 g/mol. The number of ether oxygens (including phenoxy) is 1. The minimum absolute atomic E-state index is 0.00376. The summed E-state index contributed by atoms with van der Waals surface area (Å²) in [5.41, 5.74) is 3.52. The summed E-state index contributed by atoms with van der Waals surface area (Å²) in [7, 11) is 0. The predicted octanol–water partition coefficient (Wildman–Crippen LogP) is 3.88. The Bertz CT molecular complexity index is 1250. The van der Waals surface area contributed by atoms with Crippen LogP contribution in [0.4, 0.5) is 10.5 Å². The summed E-state index contributed by atoms with van der Waals surface area (Å²) in [5.74, 6) is -0.00376. The molecular weight excluding hydrogens is 470 g/mol. The van der Waals surface area contributed by atoms with E-state index in [1.54, 1.807) is 31.2 Å². The number of carbonyl (C=O) groups excluding carboxylic acids is 2. The van der Waals surface area contributed by atoms with Crippen LogP contribution in [0.5, 0.6) is 0 Å². The lowest BCUT2D eigenvalue weighted by atomic mass is 10.0. The van der Waals surface area contributed by atoms with Crippen molar-refractivity contribution in [1.82, 2.24) is 20.0 Å². The lowest BCUT2D eigenvalue weighted by molar-refractivity contribution is -0.121. The molecule has 0 radical (unpaired) electrons. The van der Waals surface area contributed by atoms with Crippen molar-refractivity contribution in [3.63, 3.8) is 0 Å². The molecule has 0 aliphatic heterocycles. The molecule has 2 aromatic carbocycles. The van der Waals surface area contributed by atoms with Crippen LogP contribution in [-0.4, -0.2) is 52.9 Å². The molecule has 0 fully saturated rings. The van der Waals surface area contributed by atoms with E-state index < -0.39 is 6.09 Å². The number of carbonyl (C=O) groups is 2. The zero-order valence-corrected chi connectivity index (χ0v) is 21.7. The summed E-state index contributed by atoms with van der Waals surface area (Å²) in [6.07, 6.45) is -0.0921. The highest BCUT2D eigenvalue weighted by Crippen LogP contribution is 2.21. The number of anilines is 1. The van der Waals surface area contributed by atoms with Gasteiger partial charge in [-0.1, -0.05) is 50.2 Å². The average Bonchev–Trinajstić information content (AvgIpc) is 2.90. The van der Waals surface area contributed by atoms with E-state index in [-0.39, 0.29) is 24.6 Å². The molecule has 0 bridgehead atoms. The van der Waals surface area contributed by atoms with Crippen molar-refractivity contribution in [2.45, 2.75) is 40.3 Å². The summed E-state index contributed by atoms with van der Waals surface area (Å²) >= 11 is 0. The second-order valence-electron chi connectivity index (χ2n) is 8.47. The Hall–Kier alpha value is -3.98. The summed E-state index contributed by atoms with van der Waals surface area (Å²) in [6, 6.07) is 18.1. The molecule has 9 nitrogen and oxygen atoms in total. The molecule has 0 aliphatic carbocycles. The predicted molar refractivity (Wildman–Crippen MR) is 144 cm³/mol. The Kier molecular flexibility index (Phi) is 10.4. The highest BCUT2D eigenvalue weighted by molar-refractivity contribution is 5.84. The van der Waals surface area contributed by atoms with Gasteiger partial charge in [-0.15, -0.1) is 0 Å². The Morgan fingerprint density at radius 3 is 2.54 bits per heavy atom. The Labute approximate surface area is 217 Å². The van der Waals surface area contributed by atoms with Gasteiger partial charge in [-0.25, -0.2) is 9.48 Å². The number of nitrogens with one attached hydrogen (secondary N) is 2. The molecule has 3 rings (SSSR count). The standard InChI is InChI=1S/C28H35N5O4/c1-4-32(5-2)17-16-26(34)29-19-22-11-7-8-13-24(22)25-14-15-27(35)33(31-25)20-21-10-9-12-23(18-21)30-28(36)37-6-3/h7-15,18H,4-6,16-17,19-20H2,1-3H3,(H,29,34)(H,30,36). The first-order valence-corrected chi connectivity index (χ1v) is 12.6. The minimum atomic E-state index is -0.534. The number of rotatable bonds is 12. The van der Waals surface area contributed by atoms with E-state index in [2.05, 4.69) is 34.5 Å². The molecule has 2 N–H and O–H groups in total. The molecule has 0 aliphatic rings. The number of aromatic nitrogens is 2. The van der Waals surface area contributed by atoms with Gasteiger partial charge in [0.2, 0.25) is 5.91 Å². The maximum absolute atomic E-state index is 12.6. The SMILES string of the molecule is CCOC(=O)Nc1cccc(Cn2nc(-c3ccccc3CNC(=O)CCN(CC)CC)ccc2=O)c1. The van der Waals surface area contributed by atoms with Crippen molar-refractivity contribution < 1.29 is 14.3 Å². The van der Waals surface area contributed by atoms with E-state index in [0.717, 1.165) is 36.3 Å². The van der Waals surface area contributed by atoms with Crippen molar-refractivity contribution in [1.29, 1.82) is 0 Å². The zero-order valence-electron chi connectivity index (χ0n) is 21.7. The summed E-state index contributed by atoms with van der Waals surface area (Å²) in [4.78, 5) is 38.9. The van der Waals surface area contributed by atoms with Crippen LogP contribution >= 0.6 is 0 Å². The van der Waals surface area contributed by atoms with Gasteiger partial charge in [0.25, 0.3) is 5.56 Å². The normalized spacial score (nSPS) is 10.8. The lowest BCUT2D eigenvalue weighted by Crippen LogP contribution is -2.30. The molecule has 9 heteroatoms. The number of hydrogen-bond acceptors (Lipinski definition) is 6. The fraction of sp³-hybridized carbons (Fsp3) is 0.357. The third-order valence-electron chi connectivity index (χ3n) is 5.97. The quantitative estimate of drug-likeness (QED) is 0.387. The molecule has 37 heavy (non-hydrogen) atoms. The van der Waals surface area contributed by atoms with Crippen LogP contribution in [0.3, 0.4) is 0 Å². The number of amides is 2. The molecular formula is C28H35N5O4. The van der Waals surface area contributed by atoms with Gasteiger partial charge in [0.1, 0.15) is 0 Å². The van der Waals surface area contributed by atoms with Crippen molar-refractivity contribution in [2.24, 2.45) is 0 Å². The van der Waals surface area contributed by atoms with E-state index in [1.807, 2.05) is 30.3 Å². The highest BCUT2D eigenvalue weighted by atomic mass is 16.5. The summed E-state index contributed by atoms with van der Waals surface area (Å²) < 4.78 is 6.31. The Morgan fingerprint density at radius 1 is 1.00 bits per heavy atom. The van der Waals surface area contributed by atoms with Gasteiger partial charge in [0, 0.05) is 36.8 Å². The fourth-order valence-corrected chi connectivity index (χ4v) is 3.92. The summed E-state index contributed by atoms with van der Waals surface area (Å²) in [5, 5.41) is 10.3. The highest BCUT2D eigenvalue weighted by Gasteiger charge is 2.11. The van der Waals surface area contributed by atoms with Crippen molar-refractivity contribution in [3.8, 4) is 11.3 Å². The van der Waals surface area contributed by atoms with Gasteiger partial charge in [0.15, 0.2) is 0 Å². The van der Waals surface area contributed by atoms with Crippen LogP contribution in [0.15, 0.2) is 65.5 Å². The van der Waals surface area contributed by atoms with Crippen LogP contribution in [0.1, 0.15) is 38.3 Å². The Balaban J connectivity index is 1.74. The molecule has 0 unspecified atom stereocenters. The first-order valence-electron chi connectivity index (χ1n) is 12.6. The molecule has 2 amide bonds. The van der Waals surface area contributed by atoms with E-state index in [9.17, 15) is 14.4 Å². The molecule has 196 valence electrons. The van der Waals surface area contributed by atoms with Gasteiger partial charge in [-0.3, -0.25) is 14.9 Å². The third-order valence-corrected chi connectivity index (χ3v) is 5.97. The van der Waals surface area contributed by atoms with E-state index >= 15 is 0 Å². The van der Waals surface area contributed by atoms with E-state index in [1.165, 1.54) is 10.7 Å². The number of benzene rings is 2. The number of hydrogen-bond donors (Lipinski definition) is 2. The van der Waals surface area contributed by atoms with Crippen molar-refractivity contribution >= 4 is 17.7 Å². The summed E-state index contributed by atoms with van der Waals surface area (Å²) in [6.45, 7) is 9.34. The maximum atomic E-state index is 12.6. The number of nitrogens with zero attached hydrogens (tertiary/aromatic N) is 3. The van der Waals surface area contributed by atoms with Gasteiger partial charge in [0.05, 0.1) is 18.8 Å². The molecule has 0 atom stereocenters. The smallest absolute Gasteiger partial charge is 0.411 e. The van der Waals surface area contributed by atoms with Gasteiger partial charge >= 0.3 is 6.09 Å². The molecule has 1 heterocycles. The second kappa shape index (κ2) is 13.9. The van der Waals surface area contributed by atoms with Crippen molar-refractivity contribution in [3.05, 3.63) is 82.1 Å². The molecule has 3 aromatic rings. The largest absolute Gasteiger partial charge is 0.450 e.